The van der Waals surface area contributed by atoms with Gasteiger partial charge in [0.25, 0.3) is 5.79 Å². The number of rotatable bonds is 4. The highest BCUT2D eigenvalue weighted by molar-refractivity contribution is 5.95. The Morgan fingerprint density at radius 1 is 0.920 bits per heavy atom. The first-order valence-corrected chi connectivity index (χ1v) is 8.07. The Hall–Kier alpha value is -1.86. The predicted octanol–water partition coefficient (Wildman–Crippen LogP) is 4.04. The maximum absolute atomic E-state index is 15.6. The molecule has 25 heavy (non-hydrogen) atoms. The Bertz CT molecular complexity index is 478. The molecule has 0 aliphatic rings. The van der Waals surface area contributed by atoms with Crippen molar-refractivity contribution in [3.63, 3.8) is 0 Å². The number of imide groups is 1. The van der Waals surface area contributed by atoms with Crippen LogP contribution < -0.4 is 0 Å². The van der Waals surface area contributed by atoms with Gasteiger partial charge in [-0.25, -0.2) is 18.8 Å². The number of esters is 1. The smallest absolute Gasteiger partial charge is 0.423 e. The summed E-state index contributed by atoms with van der Waals surface area (Å²) >= 11 is 0. The molecule has 0 N–H and O–H groups in total. The van der Waals surface area contributed by atoms with Crippen LogP contribution in [0.1, 0.15) is 61.8 Å². The number of ether oxygens (including phenoxy) is 3. The minimum Gasteiger partial charge on any atom is -0.465 e. The molecular formula is C17H30FNO6. The number of halogens is 1. The van der Waals surface area contributed by atoms with Crippen LogP contribution in [0, 0.1) is 5.92 Å². The van der Waals surface area contributed by atoms with Crippen LogP contribution in [-0.4, -0.2) is 47.2 Å². The molecule has 8 heteroatoms. The van der Waals surface area contributed by atoms with Gasteiger partial charge >= 0.3 is 18.2 Å². The Kier molecular flexibility index (Phi) is 7.42. The van der Waals surface area contributed by atoms with Crippen molar-refractivity contribution < 1.29 is 33.0 Å². The summed E-state index contributed by atoms with van der Waals surface area (Å²) in [5.41, 5.74) is -2.02. The normalized spacial score (nSPS) is 14.5. The van der Waals surface area contributed by atoms with Gasteiger partial charge in [-0.2, -0.15) is 4.90 Å². The second-order valence-corrected chi connectivity index (χ2v) is 8.14. The summed E-state index contributed by atoms with van der Waals surface area (Å²) in [5, 5.41) is 0. The highest BCUT2D eigenvalue weighted by Crippen LogP contribution is 2.31. The molecule has 0 aromatic heterocycles. The average molecular weight is 363 g/mol. The van der Waals surface area contributed by atoms with Gasteiger partial charge in [0.05, 0.1) is 7.11 Å². The maximum atomic E-state index is 15.6. The fourth-order valence-corrected chi connectivity index (χ4v) is 1.94. The Morgan fingerprint density at radius 3 is 1.52 bits per heavy atom. The number of amides is 2. The molecule has 0 saturated carbocycles. The molecule has 0 saturated heterocycles. The molecule has 0 rings (SSSR count). The van der Waals surface area contributed by atoms with Gasteiger partial charge in [-0.15, -0.1) is 0 Å². The van der Waals surface area contributed by atoms with Crippen molar-refractivity contribution in [2.45, 2.75) is 78.8 Å². The first-order valence-electron chi connectivity index (χ1n) is 8.07. The van der Waals surface area contributed by atoms with E-state index in [4.69, 9.17) is 9.47 Å². The lowest BCUT2D eigenvalue weighted by molar-refractivity contribution is -0.170. The molecule has 2 amide bonds. The minimum atomic E-state index is -3.05. The molecule has 0 radical (unpaired) electrons. The molecule has 0 fully saturated rings. The van der Waals surface area contributed by atoms with Crippen molar-refractivity contribution in [1.29, 1.82) is 0 Å². The molecule has 1 atom stereocenters. The van der Waals surface area contributed by atoms with Crippen molar-refractivity contribution in [3.8, 4) is 0 Å². The van der Waals surface area contributed by atoms with Gasteiger partial charge in [-0.1, -0.05) is 13.8 Å². The van der Waals surface area contributed by atoms with E-state index in [1.165, 1.54) is 0 Å². The van der Waals surface area contributed by atoms with Crippen LogP contribution in [0.4, 0.5) is 14.0 Å². The van der Waals surface area contributed by atoms with Crippen molar-refractivity contribution in [3.05, 3.63) is 0 Å². The zero-order valence-corrected chi connectivity index (χ0v) is 16.6. The van der Waals surface area contributed by atoms with Crippen LogP contribution in [-0.2, 0) is 19.0 Å². The summed E-state index contributed by atoms with van der Waals surface area (Å²) in [4.78, 5) is 37.1. The molecular weight excluding hydrogens is 333 g/mol. The number of nitrogens with zero attached hydrogens (tertiary/aromatic N) is 1. The predicted molar refractivity (Wildman–Crippen MR) is 89.6 cm³/mol. The lowest BCUT2D eigenvalue weighted by Crippen LogP contribution is -2.59. The summed E-state index contributed by atoms with van der Waals surface area (Å²) in [5.74, 6) is -4.79. The van der Waals surface area contributed by atoms with Crippen LogP contribution in [0.25, 0.3) is 0 Å². The van der Waals surface area contributed by atoms with Crippen LogP contribution in [0.3, 0.4) is 0 Å². The number of hydrogen-bond acceptors (Lipinski definition) is 6. The van der Waals surface area contributed by atoms with E-state index in [0.29, 0.717) is 0 Å². The number of alkyl halides is 1. The van der Waals surface area contributed by atoms with Gasteiger partial charge in [0.2, 0.25) is 0 Å². The van der Waals surface area contributed by atoms with Crippen LogP contribution in [0.5, 0.6) is 0 Å². The van der Waals surface area contributed by atoms with E-state index in [1.54, 1.807) is 55.4 Å². The van der Waals surface area contributed by atoms with Gasteiger partial charge in [0, 0.05) is 6.42 Å². The van der Waals surface area contributed by atoms with Crippen LogP contribution >= 0.6 is 0 Å². The van der Waals surface area contributed by atoms with E-state index in [2.05, 4.69) is 4.74 Å². The average Bonchev–Trinajstić information content (AvgIpc) is 2.31. The van der Waals surface area contributed by atoms with E-state index in [-0.39, 0.29) is 10.8 Å². The highest BCUT2D eigenvalue weighted by Gasteiger charge is 2.55. The lowest BCUT2D eigenvalue weighted by atomic mass is 10.0. The van der Waals surface area contributed by atoms with Gasteiger partial charge in [0.15, 0.2) is 0 Å². The standard InChI is InChI=1S/C17H30FNO6/c1-11(2)10-17(18,12(20)23-9)19(13(21)24-15(3,4)5)14(22)25-16(6,7)8/h11H,10H2,1-9H3. The Balaban J connectivity index is 6.08. The third kappa shape index (κ3) is 7.27. The van der Waals surface area contributed by atoms with E-state index in [0.717, 1.165) is 7.11 Å². The highest BCUT2D eigenvalue weighted by atomic mass is 19.1. The molecule has 146 valence electrons. The SMILES string of the molecule is COC(=O)C(F)(CC(C)C)N(C(=O)OC(C)(C)C)C(=O)OC(C)(C)C. The zero-order valence-electron chi connectivity index (χ0n) is 16.6. The molecule has 0 aliphatic heterocycles. The lowest BCUT2D eigenvalue weighted by Gasteiger charge is -2.36. The van der Waals surface area contributed by atoms with Crippen molar-refractivity contribution >= 4 is 18.2 Å². The van der Waals surface area contributed by atoms with Crippen LogP contribution in [0.15, 0.2) is 0 Å². The van der Waals surface area contributed by atoms with Crippen molar-refractivity contribution in [1.82, 2.24) is 4.90 Å². The minimum absolute atomic E-state index is 0.0648. The first-order chi connectivity index (χ1) is 11.0. The van der Waals surface area contributed by atoms with Crippen LogP contribution in [0.2, 0.25) is 0 Å². The van der Waals surface area contributed by atoms with Gasteiger partial charge in [-0.3, -0.25) is 0 Å². The number of carbonyl (C=O) groups excluding carboxylic acids is 3. The Morgan fingerprint density at radius 2 is 1.28 bits per heavy atom. The van der Waals surface area contributed by atoms with E-state index in [9.17, 15) is 14.4 Å². The molecule has 0 aromatic rings. The van der Waals surface area contributed by atoms with Gasteiger partial charge in [-0.05, 0) is 47.5 Å². The third-order valence-corrected chi connectivity index (χ3v) is 2.68. The molecule has 0 spiro atoms. The summed E-state index contributed by atoms with van der Waals surface area (Å²) < 4.78 is 30.3. The summed E-state index contributed by atoms with van der Waals surface area (Å²) in [6.07, 6.45) is -3.11. The van der Waals surface area contributed by atoms with Crippen molar-refractivity contribution in [2.24, 2.45) is 5.92 Å². The zero-order chi connectivity index (χ0) is 20.2. The number of carbonyl (C=O) groups is 3. The number of methoxy groups -OCH3 is 1. The fraction of sp³-hybridized carbons (Fsp3) is 0.824. The maximum Gasteiger partial charge on any atom is 0.423 e. The first kappa shape index (κ1) is 23.1. The number of hydrogen-bond donors (Lipinski definition) is 0. The third-order valence-electron chi connectivity index (χ3n) is 2.68. The second-order valence-electron chi connectivity index (χ2n) is 8.14. The van der Waals surface area contributed by atoms with E-state index >= 15 is 4.39 Å². The van der Waals surface area contributed by atoms with E-state index < -0.39 is 41.6 Å². The van der Waals surface area contributed by atoms with E-state index in [1.807, 2.05) is 0 Å². The summed E-state index contributed by atoms with van der Waals surface area (Å²) in [6, 6.07) is 0. The molecule has 0 bridgehead atoms. The van der Waals surface area contributed by atoms with Gasteiger partial charge < -0.3 is 14.2 Å². The van der Waals surface area contributed by atoms with Gasteiger partial charge in [0.1, 0.15) is 11.2 Å². The molecule has 0 heterocycles. The molecule has 0 aromatic carbocycles. The summed E-state index contributed by atoms with van der Waals surface area (Å²) in [6.45, 7) is 12.6. The fourth-order valence-electron chi connectivity index (χ4n) is 1.94. The summed E-state index contributed by atoms with van der Waals surface area (Å²) in [7, 11) is 0.972. The monoisotopic (exact) mass is 363 g/mol. The Labute approximate surface area is 148 Å². The second kappa shape index (κ2) is 8.01. The molecule has 7 nitrogen and oxygen atoms in total. The molecule has 0 aliphatic carbocycles. The topological polar surface area (TPSA) is 82.1 Å². The molecule has 1 unspecified atom stereocenters. The van der Waals surface area contributed by atoms with Crippen molar-refractivity contribution in [2.75, 3.05) is 7.11 Å². The quantitative estimate of drug-likeness (QED) is 0.426. The largest absolute Gasteiger partial charge is 0.465 e.